The zero-order chi connectivity index (χ0) is 14.8. The van der Waals surface area contributed by atoms with Crippen LogP contribution < -0.4 is 4.74 Å². The van der Waals surface area contributed by atoms with Crippen LogP contribution in [0.4, 0.5) is 13.2 Å². The number of hydrogen-bond acceptors (Lipinski definition) is 2. The first-order valence-corrected chi connectivity index (χ1v) is 6.75. The van der Waals surface area contributed by atoms with Gasteiger partial charge in [0.25, 0.3) is 0 Å². The van der Waals surface area contributed by atoms with Crippen LogP contribution in [0.25, 0.3) is 0 Å². The van der Waals surface area contributed by atoms with Crippen molar-refractivity contribution in [2.24, 2.45) is 11.8 Å². The van der Waals surface area contributed by atoms with E-state index in [4.69, 9.17) is 4.74 Å². The van der Waals surface area contributed by atoms with Gasteiger partial charge in [0.2, 0.25) is 0 Å². The smallest absolute Gasteiger partial charge is 0.416 e. The lowest BCUT2D eigenvalue weighted by Gasteiger charge is -2.24. The molecule has 1 aromatic rings. The molecule has 0 heterocycles. The summed E-state index contributed by atoms with van der Waals surface area (Å²) in [6.45, 7) is 2.15. The molecule has 0 N–H and O–H groups in total. The number of alkyl halides is 3. The Bertz CT molecular complexity index is 457. The van der Waals surface area contributed by atoms with Gasteiger partial charge in [0.15, 0.2) is 0 Å². The second-order valence-corrected chi connectivity index (χ2v) is 5.40. The molecular weight excluding hydrogens is 269 g/mol. The zero-order valence-electron chi connectivity index (χ0n) is 11.2. The normalized spacial score (nSPS) is 23.4. The highest BCUT2D eigenvalue weighted by molar-refractivity contribution is 5.75. The Morgan fingerprint density at radius 2 is 1.65 bits per heavy atom. The van der Waals surface area contributed by atoms with E-state index in [0.29, 0.717) is 5.92 Å². The molecule has 1 aliphatic carbocycles. The first-order valence-electron chi connectivity index (χ1n) is 6.75. The van der Waals surface area contributed by atoms with Crippen LogP contribution in [-0.2, 0) is 11.0 Å². The molecule has 0 spiro atoms. The number of esters is 1. The van der Waals surface area contributed by atoms with Crippen LogP contribution in [0.3, 0.4) is 0 Å². The van der Waals surface area contributed by atoms with Crippen molar-refractivity contribution in [2.75, 3.05) is 0 Å². The second kappa shape index (κ2) is 5.85. The molecule has 0 saturated heterocycles. The average molecular weight is 286 g/mol. The van der Waals surface area contributed by atoms with Gasteiger partial charge in [-0.25, -0.2) is 0 Å². The SMILES string of the molecule is CC1CCC(C(=O)Oc2ccc(C(F)(F)F)cc2)CC1. The summed E-state index contributed by atoms with van der Waals surface area (Å²) >= 11 is 0. The maximum absolute atomic E-state index is 12.4. The van der Waals surface area contributed by atoms with E-state index >= 15 is 0 Å². The summed E-state index contributed by atoms with van der Waals surface area (Å²) in [6.07, 6.45) is -0.803. The van der Waals surface area contributed by atoms with Crippen molar-refractivity contribution in [3.8, 4) is 5.75 Å². The third-order valence-electron chi connectivity index (χ3n) is 3.75. The topological polar surface area (TPSA) is 26.3 Å². The van der Waals surface area contributed by atoms with Crippen molar-refractivity contribution in [1.82, 2.24) is 0 Å². The van der Waals surface area contributed by atoms with E-state index in [0.717, 1.165) is 37.8 Å². The fraction of sp³-hybridized carbons (Fsp3) is 0.533. The first-order chi connectivity index (χ1) is 9.36. The Labute approximate surface area is 115 Å². The molecule has 1 fully saturated rings. The molecule has 0 aliphatic heterocycles. The quantitative estimate of drug-likeness (QED) is 0.593. The Morgan fingerprint density at radius 1 is 1.10 bits per heavy atom. The molecule has 5 heteroatoms. The molecule has 0 atom stereocenters. The van der Waals surface area contributed by atoms with E-state index in [-0.39, 0.29) is 17.6 Å². The minimum atomic E-state index is -4.37. The number of ether oxygens (including phenoxy) is 1. The van der Waals surface area contributed by atoms with Crippen LogP contribution in [0.15, 0.2) is 24.3 Å². The highest BCUT2D eigenvalue weighted by atomic mass is 19.4. The Morgan fingerprint density at radius 3 is 2.15 bits per heavy atom. The van der Waals surface area contributed by atoms with Gasteiger partial charge < -0.3 is 4.74 Å². The van der Waals surface area contributed by atoms with Crippen LogP contribution in [-0.4, -0.2) is 5.97 Å². The minimum Gasteiger partial charge on any atom is -0.426 e. The maximum atomic E-state index is 12.4. The fourth-order valence-electron chi connectivity index (χ4n) is 2.41. The van der Waals surface area contributed by atoms with Crippen LogP contribution in [0, 0.1) is 11.8 Å². The lowest BCUT2D eigenvalue weighted by Crippen LogP contribution is -2.24. The predicted molar refractivity (Wildman–Crippen MR) is 68.2 cm³/mol. The predicted octanol–water partition coefficient (Wildman–Crippen LogP) is 4.44. The molecule has 0 bridgehead atoms. The third-order valence-corrected chi connectivity index (χ3v) is 3.75. The highest BCUT2D eigenvalue weighted by Gasteiger charge is 2.30. The van der Waals surface area contributed by atoms with E-state index in [1.54, 1.807) is 0 Å². The van der Waals surface area contributed by atoms with E-state index in [1.807, 2.05) is 0 Å². The monoisotopic (exact) mass is 286 g/mol. The van der Waals surface area contributed by atoms with Crippen molar-refractivity contribution in [3.63, 3.8) is 0 Å². The number of halogens is 3. The lowest BCUT2D eigenvalue weighted by atomic mass is 9.83. The number of carbonyl (C=O) groups excluding carboxylic acids is 1. The molecule has 1 aromatic carbocycles. The van der Waals surface area contributed by atoms with Gasteiger partial charge in [0, 0.05) is 0 Å². The molecule has 2 rings (SSSR count). The number of rotatable bonds is 2. The summed E-state index contributed by atoms with van der Waals surface area (Å²) in [4.78, 5) is 11.9. The molecule has 20 heavy (non-hydrogen) atoms. The molecule has 1 saturated carbocycles. The van der Waals surface area contributed by atoms with Gasteiger partial charge in [0.05, 0.1) is 11.5 Å². The molecule has 2 nitrogen and oxygen atoms in total. The number of carbonyl (C=O) groups is 1. The van der Waals surface area contributed by atoms with E-state index < -0.39 is 11.7 Å². The summed E-state index contributed by atoms with van der Waals surface area (Å²) in [6, 6.07) is 4.22. The van der Waals surface area contributed by atoms with E-state index in [1.165, 1.54) is 12.1 Å². The van der Waals surface area contributed by atoms with Crippen molar-refractivity contribution in [3.05, 3.63) is 29.8 Å². The molecule has 110 valence electrons. The lowest BCUT2D eigenvalue weighted by molar-refractivity contribution is -0.140. The van der Waals surface area contributed by atoms with Crippen molar-refractivity contribution >= 4 is 5.97 Å². The van der Waals surface area contributed by atoms with E-state index in [2.05, 4.69) is 6.92 Å². The van der Waals surface area contributed by atoms with Crippen LogP contribution in [0.5, 0.6) is 5.75 Å². The van der Waals surface area contributed by atoms with Crippen LogP contribution in [0.2, 0.25) is 0 Å². The van der Waals surface area contributed by atoms with Crippen LogP contribution >= 0.6 is 0 Å². The maximum Gasteiger partial charge on any atom is 0.416 e. The van der Waals surface area contributed by atoms with Gasteiger partial charge in [-0.3, -0.25) is 4.79 Å². The number of benzene rings is 1. The zero-order valence-corrected chi connectivity index (χ0v) is 11.2. The van der Waals surface area contributed by atoms with Crippen LogP contribution in [0.1, 0.15) is 38.2 Å². The summed E-state index contributed by atoms with van der Waals surface area (Å²) in [5.41, 5.74) is -0.746. The second-order valence-electron chi connectivity index (χ2n) is 5.40. The first kappa shape index (κ1) is 14.9. The van der Waals surface area contributed by atoms with E-state index in [9.17, 15) is 18.0 Å². The van der Waals surface area contributed by atoms with Gasteiger partial charge in [-0.15, -0.1) is 0 Å². The summed E-state index contributed by atoms with van der Waals surface area (Å²) < 4.78 is 42.4. The average Bonchev–Trinajstić information content (AvgIpc) is 2.39. The van der Waals surface area contributed by atoms with Gasteiger partial charge >= 0.3 is 12.1 Å². The summed E-state index contributed by atoms with van der Waals surface area (Å²) in [7, 11) is 0. The van der Waals surface area contributed by atoms with Crippen molar-refractivity contribution in [2.45, 2.75) is 38.8 Å². The Balaban J connectivity index is 1.94. The van der Waals surface area contributed by atoms with Crippen molar-refractivity contribution in [1.29, 1.82) is 0 Å². The Hall–Kier alpha value is -1.52. The third kappa shape index (κ3) is 3.74. The molecular formula is C15H17F3O2. The summed E-state index contributed by atoms with van der Waals surface area (Å²) in [5.74, 6) is 0.330. The molecule has 1 aliphatic rings. The summed E-state index contributed by atoms with van der Waals surface area (Å²) in [5, 5.41) is 0. The van der Waals surface area contributed by atoms with Crippen molar-refractivity contribution < 1.29 is 22.7 Å². The van der Waals surface area contributed by atoms with Gasteiger partial charge in [-0.1, -0.05) is 6.92 Å². The highest BCUT2D eigenvalue weighted by Crippen LogP contribution is 2.32. The van der Waals surface area contributed by atoms with Gasteiger partial charge in [-0.05, 0) is 55.9 Å². The molecule has 0 aromatic heterocycles. The van der Waals surface area contributed by atoms with Gasteiger partial charge in [-0.2, -0.15) is 13.2 Å². The fourth-order valence-corrected chi connectivity index (χ4v) is 2.41. The van der Waals surface area contributed by atoms with Gasteiger partial charge in [0.1, 0.15) is 5.75 Å². The molecule has 0 amide bonds. The standard InChI is InChI=1S/C15H17F3O2/c1-10-2-4-11(5-3-10)14(19)20-13-8-6-12(7-9-13)15(16,17)18/h6-11H,2-5H2,1H3. The molecule has 0 unspecified atom stereocenters. The number of hydrogen-bond donors (Lipinski definition) is 0. The Kier molecular flexibility index (Phi) is 4.35. The largest absolute Gasteiger partial charge is 0.426 e. The minimum absolute atomic E-state index is 0.131. The molecule has 0 radical (unpaired) electrons.